The molecule has 1 aromatic heterocycles. The summed E-state index contributed by atoms with van der Waals surface area (Å²) in [5.41, 5.74) is 2.67. The highest BCUT2D eigenvalue weighted by atomic mass is 19.1. The van der Waals surface area contributed by atoms with Crippen LogP contribution in [-0.2, 0) is 0 Å². The normalized spacial score (nSPS) is 12.2. The highest BCUT2D eigenvalue weighted by Gasteiger charge is 2.18. The van der Waals surface area contributed by atoms with Gasteiger partial charge in [-0.2, -0.15) is 0 Å². The summed E-state index contributed by atoms with van der Waals surface area (Å²) < 4.78 is 13.3. The molecule has 3 aromatic rings. The van der Waals surface area contributed by atoms with Crippen molar-refractivity contribution in [2.75, 3.05) is 11.9 Å². The summed E-state index contributed by atoms with van der Waals surface area (Å²) in [5, 5.41) is 9.21. The Morgan fingerprint density at radius 2 is 1.85 bits per heavy atom. The van der Waals surface area contributed by atoms with Crippen molar-refractivity contribution in [2.24, 2.45) is 0 Å². The number of aromatic carboxylic acids is 1. The quantitative estimate of drug-likeness (QED) is 0.738. The van der Waals surface area contributed by atoms with Gasteiger partial charge in [0.25, 0.3) is 0 Å². The Morgan fingerprint density at radius 1 is 1.15 bits per heavy atom. The second-order valence-corrected chi connectivity index (χ2v) is 6.28. The van der Waals surface area contributed by atoms with Gasteiger partial charge in [0, 0.05) is 18.7 Å². The monoisotopic (exact) mass is 353 g/mol. The Labute approximate surface area is 151 Å². The molecule has 26 heavy (non-hydrogen) atoms. The third kappa shape index (κ3) is 3.35. The van der Waals surface area contributed by atoms with Crippen LogP contribution in [0.4, 0.5) is 10.2 Å². The zero-order chi connectivity index (χ0) is 18.8. The van der Waals surface area contributed by atoms with E-state index in [1.165, 1.54) is 24.3 Å². The molecule has 0 bridgehead atoms. The number of carboxylic acid groups (broad SMARTS) is 1. The number of carbonyl (C=O) groups is 1. The number of hydrogen-bond donors (Lipinski definition) is 1. The lowest BCUT2D eigenvalue weighted by atomic mass is 10.1. The van der Waals surface area contributed by atoms with Gasteiger partial charge in [-0.25, -0.2) is 19.2 Å². The Balaban J connectivity index is 2.24. The first kappa shape index (κ1) is 17.8. The van der Waals surface area contributed by atoms with Gasteiger partial charge in [-0.1, -0.05) is 6.92 Å². The van der Waals surface area contributed by atoms with Crippen molar-refractivity contribution in [3.8, 4) is 11.3 Å². The molecule has 0 fully saturated rings. The van der Waals surface area contributed by atoms with Gasteiger partial charge >= 0.3 is 5.97 Å². The largest absolute Gasteiger partial charge is 0.478 e. The van der Waals surface area contributed by atoms with Gasteiger partial charge in [0.2, 0.25) is 0 Å². The summed E-state index contributed by atoms with van der Waals surface area (Å²) in [6.07, 6.45) is 0.911. The number of hydrogen-bond acceptors (Lipinski definition) is 4. The van der Waals surface area contributed by atoms with Crippen LogP contribution in [0.15, 0.2) is 42.5 Å². The Morgan fingerprint density at radius 3 is 2.46 bits per heavy atom. The Kier molecular flexibility index (Phi) is 4.84. The van der Waals surface area contributed by atoms with Crippen molar-refractivity contribution in [2.45, 2.75) is 26.3 Å². The van der Waals surface area contributed by atoms with E-state index in [1.54, 1.807) is 18.2 Å². The third-order valence-corrected chi connectivity index (χ3v) is 4.60. The molecule has 0 aliphatic heterocycles. The maximum atomic E-state index is 13.3. The maximum Gasteiger partial charge on any atom is 0.335 e. The van der Waals surface area contributed by atoms with Crippen LogP contribution in [0.25, 0.3) is 22.3 Å². The molecular formula is C20H20FN3O2. The first-order valence-corrected chi connectivity index (χ1v) is 8.44. The van der Waals surface area contributed by atoms with Crippen molar-refractivity contribution in [1.29, 1.82) is 0 Å². The summed E-state index contributed by atoms with van der Waals surface area (Å²) in [7, 11) is 1.93. The van der Waals surface area contributed by atoms with Crippen molar-refractivity contribution < 1.29 is 14.3 Å². The molecule has 1 unspecified atom stereocenters. The standard InChI is InChI=1S/C20H20FN3O2/c1-4-12(2)24(3)19-18(13-5-8-15(21)9-6-13)22-16-10-7-14(20(25)26)11-17(16)23-19/h5-12H,4H2,1-3H3,(H,25,26). The van der Waals surface area contributed by atoms with Crippen molar-refractivity contribution in [3.63, 3.8) is 0 Å². The summed E-state index contributed by atoms with van der Waals surface area (Å²) >= 11 is 0. The number of fused-ring (bicyclic) bond motifs is 1. The second kappa shape index (κ2) is 7.07. The lowest BCUT2D eigenvalue weighted by Gasteiger charge is -2.27. The van der Waals surface area contributed by atoms with Gasteiger partial charge in [0.15, 0.2) is 5.82 Å². The number of halogens is 1. The minimum Gasteiger partial charge on any atom is -0.478 e. The molecule has 5 nitrogen and oxygen atoms in total. The van der Waals surface area contributed by atoms with E-state index in [0.717, 1.165) is 12.0 Å². The number of anilines is 1. The average molecular weight is 353 g/mol. The van der Waals surface area contributed by atoms with E-state index in [-0.39, 0.29) is 17.4 Å². The number of aromatic nitrogens is 2. The molecule has 134 valence electrons. The van der Waals surface area contributed by atoms with Gasteiger partial charge < -0.3 is 10.0 Å². The topological polar surface area (TPSA) is 66.3 Å². The Bertz CT molecular complexity index is 957. The van der Waals surface area contributed by atoms with Gasteiger partial charge in [-0.15, -0.1) is 0 Å². The zero-order valence-corrected chi connectivity index (χ0v) is 14.9. The predicted octanol–water partition coefficient (Wildman–Crippen LogP) is 4.37. The average Bonchev–Trinajstić information content (AvgIpc) is 2.65. The molecule has 0 radical (unpaired) electrons. The van der Waals surface area contributed by atoms with Crippen LogP contribution < -0.4 is 4.90 Å². The van der Waals surface area contributed by atoms with Gasteiger partial charge in [-0.05, 0) is 55.8 Å². The number of carboxylic acids is 1. The van der Waals surface area contributed by atoms with E-state index in [4.69, 9.17) is 9.97 Å². The summed E-state index contributed by atoms with van der Waals surface area (Å²) in [5.74, 6) is -0.681. The van der Waals surface area contributed by atoms with Crippen molar-refractivity contribution >= 4 is 22.8 Å². The molecule has 0 spiro atoms. The van der Waals surface area contributed by atoms with E-state index >= 15 is 0 Å². The van der Waals surface area contributed by atoms with Gasteiger partial charge in [-0.3, -0.25) is 0 Å². The van der Waals surface area contributed by atoms with E-state index in [9.17, 15) is 14.3 Å². The summed E-state index contributed by atoms with van der Waals surface area (Å²) in [6, 6.07) is 11.0. The van der Waals surface area contributed by atoms with Crippen LogP contribution in [0.2, 0.25) is 0 Å². The minimum atomic E-state index is -1.01. The number of nitrogens with zero attached hydrogens (tertiary/aromatic N) is 3. The Hall–Kier alpha value is -3.02. The van der Waals surface area contributed by atoms with Crippen LogP contribution in [0, 0.1) is 5.82 Å². The molecule has 0 saturated heterocycles. The third-order valence-electron chi connectivity index (χ3n) is 4.60. The molecule has 1 N–H and O–H groups in total. The van der Waals surface area contributed by atoms with Crippen molar-refractivity contribution in [1.82, 2.24) is 9.97 Å². The maximum absolute atomic E-state index is 13.3. The highest BCUT2D eigenvalue weighted by Crippen LogP contribution is 2.31. The second-order valence-electron chi connectivity index (χ2n) is 6.28. The van der Waals surface area contributed by atoms with Crippen LogP contribution in [0.5, 0.6) is 0 Å². The predicted molar refractivity (Wildman–Crippen MR) is 100 cm³/mol. The lowest BCUT2D eigenvalue weighted by Crippen LogP contribution is -2.29. The van der Waals surface area contributed by atoms with E-state index < -0.39 is 5.97 Å². The smallest absolute Gasteiger partial charge is 0.335 e. The van der Waals surface area contributed by atoms with Crippen LogP contribution in [0.1, 0.15) is 30.6 Å². The molecule has 2 aromatic carbocycles. The summed E-state index contributed by atoms with van der Waals surface area (Å²) in [6.45, 7) is 4.16. The minimum absolute atomic E-state index is 0.165. The molecule has 1 atom stereocenters. The van der Waals surface area contributed by atoms with Gasteiger partial charge in [0.05, 0.1) is 16.6 Å². The first-order valence-electron chi connectivity index (χ1n) is 8.44. The molecule has 6 heteroatoms. The number of benzene rings is 2. The highest BCUT2D eigenvalue weighted by molar-refractivity contribution is 5.93. The molecule has 1 heterocycles. The van der Waals surface area contributed by atoms with Crippen LogP contribution >= 0.6 is 0 Å². The zero-order valence-electron chi connectivity index (χ0n) is 14.9. The molecule has 0 saturated carbocycles. The fraction of sp³-hybridized carbons (Fsp3) is 0.250. The molecular weight excluding hydrogens is 333 g/mol. The molecule has 0 amide bonds. The number of rotatable bonds is 5. The van der Waals surface area contributed by atoms with Crippen LogP contribution in [-0.4, -0.2) is 34.1 Å². The lowest BCUT2D eigenvalue weighted by molar-refractivity contribution is 0.0697. The van der Waals surface area contributed by atoms with E-state index in [2.05, 4.69) is 13.8 Å². The fourth-order valence-electron chi connectivity index (χ4n) is 2.71. The molecule has 0 aliphatic rings. The van der Waals surface area contributed by atoms with Crippen molar-refractivity contribution in [3.05, 3.63) is 53.8 Å². The SMILES string of the molecule is CCC(C)N(C)c1nc2cc(C(=O)O)ccc2nc1-c1ccc(F)cc1. The van der Waals surface area contributed by atoms with E-state index in [0.29, 0.717) is 22.5 Å². The van der Waals surface area contributed by atoms with Gasteiger partial charge in [0.1, 0.15) is 11.5 Å². The molecule has 0 aliphatic carbocycles. The summed E-state index contributed by atoms with van der Waals surface area (Å²) in [4.78, 5) is 22.6. The van der Waals surface area contributed by atoms with Crippen LogP contribution in [0.3, 0.4) is 0 Å². The van der Waals surface area contributed by atoms with E-state index in [1.807, 2.05) is 11.9 Å². The first-order chi connectivity index (χ1) is 12.4. The molecule has 3 rings (SSSR count). The fourth-order valence-corrected chi connectivity index (χ4v) is 2.71.